The Morgan fingerprint density at radius 2 is 1.65 bits per heavy atom. The number of para-hydroxylation sites is 1. The molecule has 0 unspecified atom stereocenters. The molecule has 1 heterocycles. The van der Waals surface area contributed by atoms with E-state index in [0.29, 0.717) is 17.8 Å². The second-order valence-corrected chi connectivity index (χ2v) is 5.18. The summed E-state index contributed by atoms with van der Waals surface area (Å²) in [5.41, 5.74) is 2.70. The standard InChI is InChI=1S/C19H16N2O2/c22-14-16-11-18(20-12-16)19(23)21(17-9-5-2-6-10-17)13-15-7-3-1-4-8-15/h1-12,14,20H,13H2. The predicted octanol–water partition coefficient (Wildman–Crippen LogP) is 3.67. The van der Waals surface area contributed by atoms with Crippen LogP contribution in [0, 0.1) is 0 Å². The molecular formula is C19H16N2O2. The molecule has 0 aliphatic rings. The van der Waals surface area contributed by atoms with Gasteiger partial charge in [-0.05, 0) is 23.8 Å². The van der Waals surface area contributed by atoms with Gasteiger partial charge >= 0.3 is 0 Å². The summed E-state index contributed by atoms with van der Waals surface area (Å²) in [6.07, 6.45) is 2.25. The summed E-state index contributed by atoms with van der Waals surface area (Å²) in [4.78, 5) is 28.2. The Morgan fingerprint density at radius 1 is 1.00 bits per heavy atom. The van der Waals surface area contributed by atoms with Gasteiger partial charge in [-0.25, -0.2) is 0 Å². The van der Waals surface area contributed by atoms with Crippen LogP contribution in [0.2, 0.25) is 0 Å². The largest absolute Gasteiger partial charge is 0.356 e. The maximum Gasteiger partial charge on any atom is 0.275 e. The van der Waals surface area contributed by atoms with Crippen LogP contribution in [-0.2, 0) is 6.54 Å². The summed E-state index contributed by atoms with van der Waals surface area (Å²) < 4.78 is 0. The molecule has 0 radical (unpaired) electrons. The second kappa shape index (κ2) is 6.75. The van der Waals surface area contributed by atoms with Gasteiger partial charge in [0, 0.05) is 17.4 Å². The number of H-pyrrole nitrogens is 1. The van der Waals surface area contributed by atoms with E-state index >= 15 is 0 Å². The molecule has 0 fully saturated rings. The van der Waals surface area contributed by atoms with E-state index in [9.17, 15) is 9.59 Å². The van der Waals surface area contributed by atoms with Crippen LogP contribution in [0.5, 0.6) is 0 Å². The van der Waals surface area contributed by atoms with Gasteiger partial charge in [0.05, 0.1) is 6.54 Å². The molecule has 2 aromatic carbocycles. The van der Waals surface area contributed by atoms with Crippen molar-refractivity contribution in [2.24, 2.45) is 0 Å². The maximum absolute atomic E-state index is 12.9. The first-order chi connectivity index (χ1) is 11.3. The van der Waals surface area contributed by atoms with Gasteiger partial charge in [0.25, 0.3) is 5.91 Å². The number of rotatable bonds is 5. The molecule has 23 heavy (non-hydrogen) atoms. The Labute approximate surface area is 134 Å². The second-order valence-electron chi connectivity index (χ2n) is 5.18. The van der Waals surface area contributed by atoms with Crippen LogP contribution in [-0.4, -0.2) is 17.2 Å². The van der Waals surface area contributed by atoms with E-state index in [4.69, 9.17) is 0 Å². The van der Waals surface area contributed by atoms with Crippen LogP contribution in [0.25, 0.3) is 0 Å². The molecule has 0 saturated carbocycles. The number of anilines is 1. The van der Waals surface area contributed by atoms with Gasteiger partial charge in [-0.3, -0.25) is 9.59 Å². The third-order valence-corrected chi connectivity index (χ3v) is 3.57. The summed E-state index contributed by atoms with van der Waals surface area (Å²) >= 11 is 0. The van der Waals surface area contributed by atoms with Crippen molar-refractivity contribution in [3.8, 4) is 0 Å². The van der Waals surface area contributed by atoms with Gasteiger partial charge in [0.2, 0.25) is 0 Å². The number of benzene rings is 2. The molecule has 0 bridgehead atoms. The van der Waals surface area contributed by atoms with Crippen molar-refractivity contribution < 1.29 is 9.59 Å². The number of hydrogen-bond acceptors (Lipinski definition) is 2. The zero-order valence-electron chi connectivity index (χ0n) is 12.5. The van der Waals surface area contributed by atoms with Gasteiger partial charge in [-0.1, -0.05) is 48.5 Å². The van der Waals surface area contributed by atoms with E-state index in [1.165, 1.54) is 6.20 Å². The van der Waals surface area contributed by atoms with Crippen molar-refractivity contribution in [2.75, 3.05) is 4.90 Å². The van der Waals surface area contributed by atoms with Crippen LogP contribution in [0.4, 0.5) is 5.69 Å². The molecule has 1 amide bonds. The van der Waals surface area contributed by atoms with Crippen molar-refractivity contribution in [1.29, 1.82) is 0 Å². The predicted molar refractivity (Wildman–Crippen MR) is 89.6 cm³/mol. The third kappa shape index (κ3) is 3.37. The number of aromatic amines is 1. The molecule has 4 nitrogen and oxygen atoms in total. The number of nitrogens with one attached hydrogen (secondary N) is 1. The summed E-state index contributed by atoms with van der Waals surface area (Å²) in [6.45, 7) is 0.457. The van der Waals surface area contributed by atoms with Crippen LogP contribution in [0.1, 0.15) is 26.4 Å². The minimum Gasteiger partial charge on any atom is -0.356 e. The third-order valence-electron chi connectivity index (χ3n) is 3.57. The van der Waals surface area contributed by atoms with E-state index in [1.807, 2.05) is 60.7 Å². The molecular weight excluding hydrogens is 288 g/mol. The number of carbonyl (C=O) groups excluding carboxylic acids is 2. The smallest absolute Gasteiger partial charge is 0.275 e. The number of carbonyl (C=O) groups is 2. The topological polar surface area (TPSA) is 53.2 Å². The van der Waals surface area contributed by atoms with Gasteiger partial charge in [0.15, 0.2) is 6.29 Å². The summed E-state index contributed by atoms with van der Waals surface area (Å²) in [5.74, 6) is -0.173. The lowest BCUT2D eigenvalue weighted by molar-refractivity contribution is 0.0981. The van der Waals surface area contributed by atoms with Crippen molar-refractivity contribution in [3.05, 3.63) is 89.7 Å². The molecule has 0 atom stereocenters. The summed E-state index contributed by atoms with van der Waals surface area (Å²) in [7, 11) is 0. The van der Waals surface area contributed by atoms with E-state index in [0.717, 1.165) is 17.5 Å². The van der Waals surface area contributed by atoms with Gasteiger partial charge in [-0.15, -0.1) is 0 Å². The molecule has 0 spiro atoms. The zero-order valence-corrected chi connectivity index (χ0v) is 12.5. The fraction of sp³-hybridized carbons (Fsp3) is 0.0526. The quantitative estimate of drug-likeness (QED) is 0.731. The van der Waals surface area contributed by atoms with E-state index in [2.05, 4.69) is 4.98 Å². The van der Waals surface area contributed by atoms with E-state index in [-0.39, 0.29) is 5.91 Å². The highest BCUT2D eigenvalue weighted by Crippen LogP contribution is 2.19. The lowest BCUT2D eigenvalue weighted by atomic mass is 10.2. The van der Waals surface area contributed by atoms with Crippen molar-refractivity contribution >= 4 is 17.9 Å². The molecule has 1 aromatic heterocycles. The lowest BCUT2D eigenvalue weighted by Crippen LogP contribution is -2.30. The van der Waals surface area contributed by atoms with Crippen molar-refractivity contribution in [1.82, 2.24) is 4.98 Å². The SMILES string of the molecule is O=Cc1c[nH]c(C(=O)N(Cc2ccccc2)c2ccccc2)c1. The first kappa shape index (κ1) is 14.8. The minimum absolute atomic E-state index is 0.173. The highest BCUT2D eigenvalue weighted by molar-refractivity contribution is 6.05. The number of nitrogens with zero attached hydrogens (tertiary/aromatic N) is 1. The Bertz CT molecular complexity index is 795. The number of hydrogen-bond donors (Lipinski definition) is 1. The molecule has 4 heteroatoms. The van der Waals surface area contributed by atoms with Gasteiger partial charge < -0.3 is 9.88 Å². The average Bonchev–Trinajstić information content (AvgIpc) is 3.10. The molecule has 0 aliphatic carbocycles. The Kier molecular flexibility index (Phi) is 4.34. The number of amides is 1. The first-order valence-electron chi connectivity index (χ1n) is 7.32. The first-order valence-corrected chi connectivity index (χ1v) is 7.32. The van der Waals surface area contributed by atoms with Crippen LogP contribution in [0.3, 0.4) is 0 Å². The highest BCUT2D eigenvalue weighted by Gasteiger charge is 2.19. The monoisotopic (exact) mass is 304 g/mol. The van der Waals surface area contributed by atoms with E-state index in [1.54, 1.807) is 11.0 Å². The Morgan fingerprint density at radius 3 is 2.26 bits per heavy atom. The number of aldehydes is 1. The molecule has 114 valence electrons. The van der Waals surface area contributed by atoms with Crippen LogP contribution >= 0.6 is 0 Å². The number of aromatic nitrogens is 1. The lowest BCUT2D eigenvalue weighted by Gasteiger charge is -2.22. The normalized spacial score (nSPS) is 10.3. The maximum atomic E-state index is 12.9. The Balaban J connectivity index is 1.94. The van der Waals surface area contributed by atoms with Crippen LogP contribution < -0.4 is 4.90 Å². The summed E-state index contributed by atoms with van der Waals surface area (Å²) in [5, 5.41) is 0. The minimum atomic E-state index is -0.173. The van der Waals surface area contributed by atoms with Gasteiger partial charge in [-0.2, -0.15) is 0 Å². The zero-order chi connectivity index (χ0) is 16.1. The van der Waals surface area contributed by atoms with Crippen molar-refractivity contribution in [3.63, 3.8) is 0 Å². The Hall–Kier alpha value is -3.14. The van der Waals surface area contributed by atoms with Crippen molar-refractivity contribution in [2.45, 2.75) is 6.54 Å². The van der Waals surface area contributed by atoms with E-state index < -0.39 is 0 Å². The molecule has 3 aromatic rings. The molecule has 1 N–H and O–H groups in total. The van der Waals surface area contributed by atoms with Gasteiger partial charge in [0.1, 0.15) is 5.69 Å². The summed E-state index contributed by atoms with van der Waals surface area (Å²) in [6, 6.07) is 20.9. The highest BCUT2D eigenvalue weighted by atomic mass is 16.2. The molecule has 0 saturated heterocycles. The fourth-order valence-electron chi connectivity index (χ4n) is 2.40. The molecule has 0 aliphatic heterocycles. The fourth-order valence-corrected chi connectivity index (χ4v) is 2.40. The van der Waals surface area contributed by atoms with Crippen LogP contribution in [0.15, 0.2) is 72.9 Å². The molecule has 3 rings (SSSR count). The average molecular weight is 304 g/mol.